The Kier molecular flexibility index (Phi) is 8.75. The highest BCUT2D eigenvalue weighted by atomic mass is 19.3. The van der Waals surface area contributed by atoms with Gasteiger partial charge in [0, 0.05) is 0 Å². The Labute approximate surface area is 208 Å². The molecule has 0 spiro atoms. The Morgan fingerprint density at radius 2 is 1.46 bits per heavy atom. The molecule has 0 radical (unpaired) electrons. The van der Waals surface area contributed by atoms with Gasteiger partial charge in [0.05, 0.1) is 12.2 Å². The quantitative estimate of drug-likeness (QED) is 0.339. The van der Waals surface area contributed by atoms with Crippen LogP contribution in [0, 0.1) is 17.7 Å². The van der Waals surface area contributed by atoms with Gasteiger partial charge in [-0.25, -0.2) is 4.39 Å². The predicted molar refractivity (Wildman–Crippen MR) is 136 cm³/mol. The minimum Gasteiger partial charge on any atom is -0.316 e. The lowest BCUT2D eigenvalue weighted by Gasteiger charge is -2.27. The molecular weight excluding hydrogens is 445 g/mol. The van der Waals surface area contributed by atoms with Crippen LogP contribution in [0.15, 0.2) is 54.6 Å². The highest BCUT2D eigenvalue weighted by Crippen LogP contribution is 2.39. The van der Waals surface area contributed by atoms with Crippen LogP contribution in [-0.2, 0) is 17.3 Å². The van der Waals surface area contributed by atoms with Gasteiger partial charge in [-0.05, 0) is 104 Å². The van der Waals surface area contributed by atoms with Crippen molar-refractivity contribution in [1.82, 2.24) is 0 Å². The lowest BCUT2D eigenvalue weighted by molar-refractivity contribution is -0.249. The molecule has 1 nitrogen and oxygen atoms in total. The molecule has 2 aromatic carbocycles. The standard InChI is InChI=1S/C31H39F3O/c1-3-4-23-7-15-27(16-8-23)28-17-18-29(30(32)21-28)31(33,34)35-20-19-24-9-13-26(14-10-24)25-11-5-22(2)6-12-25/h3-4,9-10,13-14,17-18,21-23,25,27H,5-8,11-12,15-16,19-20H2,1-2H3/b4-3+/t22-,23-,25-,27-. The molecule has 0 aliphatic heterocycles. The Balaban J connectivity index is 1.29. The molecule has 2 aliphatic carbocycles. The van der Waals surface area contributed by atoms with Gasteiger partial charge in [-0.15, -0.1) is 0 Å². The minimum absolute atomic E-state index is 0.163. The summed E-state index contributed by atoms with van der Waals surface area (Å²) in [6, 6.07) is 12.4. The molecule has 0 heterocycles. The van der Waals surface area contributed by atoms with Crippen LogP contribution in [0.2, 0.25) is 0 Å². The van der Waals surface area contributed by atoms with Crippen molar-refractivity contribution in [3.05, 3.63) is 82.7 Å². The summed E-state index contributed by atoms with van der Waals surface area (Å²) in [5.41, 5.74) is 2.43. The van der Waals surface area contributed by atoms with E-state index in [-0.39, 0.29) is 12.5 Å². The molecule has 0 N–H and O–H groups in total. The van der Waals surface area contributed by atoms with Gasteiger partial charge in [-0.3, -0.25) is 0 Å². The number of benzene rings is 2. The molecule has 2 aromatic rings. The number of allylic oxidation sites excluding steroid dienone is 2. The van der Waals surface area contributed by atoms with Crippen molar-refractivity contribution < 1.29 is 17.9 Å². The molecule has 4 heteroatoms. The minimum atomic E-state index is -3.65. The van der Waals surface area contributed by atoms with E-state index in [4.69, 9.17) is 4.74 Å². The van der Waals surface area contributed by atoms with E-state index >= 15 is 0 Å². The number of alkyl halides is 2. The van der Waals surface area contributed by atoms with Crippen molar-refractivity contribution >= 4 is 0 Å². The molecule has 0 saturated heterocycles. The zero-order valence-electron chi connectivity index (χ0n) is 21.1. The van der Waals surface area contributed by atoms with Crippen LogP contribution in [0.1, 0.15) is 99.3 Å². The summed E-state index contributed by atoms with van der Waals surface area (Å²) in [6.07, 6.45) is 10.0. The van der Waals surface area contributed by atoms with Gasteiger partial charge in [-0.2, -0.15) is 8.78 Å². The summed E-state index contributed by atoms with van der Waals surface area (Å²) in [6.45, 7) is 4.17. The van der Waals surface area contributed by atoms with E-state index in [1.54, 1.807) is 6.07 Å². The lowest BCUT2D eigenvalue weighted by Crippen LogP contribution is -2.22. The van der Waals surface area contributed by atoms with Crippen LogP contribution in [0.3, 0.4) is 0 Å². The molecule has 2 aliphatic rings. The molecule has 4 rings (SSSR count). The van der Waals surface area contributed by atoms with Gasteiger partial charge < -0.3 is 4.74 Å². The largest absolute Gasteiger partial charge is 0.386 e. The summed E-state index contributed by atoms with van der Waals surface area (Å²) >= 11 is 0. The summed E-state index contributed by atoms with van der Waals surface area (Å²) in [5.74, 6) is 1.35. The fourth-order valence-corrected chi connectivity index (χ4v) is 5.86. The van der Waals surface area contributed by atoms with Crippen LogP contribution in [0.4, 0.5) is 13.2 Å². The Bertz CT molecular complexity index is 965. The second-order valence-electron chi connectivity index (χ2n) is 10.7. The van der Waals surface area contributed by atoms with Crippen LogP contribution in [0.5, 0.6) is 0 Å². The molecule has 0 bridgehead atoms. The predicted octanol–water partition coefficient (Wildman–Crippen LogP) is 9.28. The zero-order valence-corrected chi connectivity index (χ0v) is 21.1. The molecule has 0 atom stereocenters. The number of hydrogen-bond donors (Lipinski definition) is 0. The highest BCUT2D eigenvalue weighted by Gasteiger charge is 2.36. The normalized spacial score (nSPS) is 25.7. The fourth-order valence-electron chi connectivity index (χ4n) is 5.86. The number of hydrogen-bond acceptors (Lipinski definition) is 1. The third-order valence-corrected chi connectivity index (χ3v) is 8.16. The maximum absolute atomic E-state index is 14.7. The van der Waals surface area contributed by atoms with Crippen LogP contribution >= 0.6 is 0 Å². The zero-order chi connectivity index (χ0) is 24.8. The number of rotatable bonds is 8. The third-order valence-electron chi connectivity index (χ3n) is 8.16. The van der Waals surface area contributed by atoms with E-state index in [9.17, 15) is 13.2 Å². The third kappa shape index (κ3) is 6.78. The Hall–Kier alpha value is -2.07. The van der Waals surface area contributed by atoms with Gasteiger partial charge in [0.25, 0.3) is 0 Å². The topological polar surface area (TPSA) is 9.23 Å². The van der Waals surface area contributed by atoms with E-state index in [0.29, 0.717) is 18.3 Å². The van der Waals surface area contributed by atoms with Crippen molar-refractivity contribution in [1.29, 1.82) is 0 Å². The number of halogens is 3. The van der Waals surface area contributed by atoms with Gasteiger partial charge in [-0.1, -0.05) is 62.2 Å². The Morgan fingerprint density at radius 3 is 2.09 bits per heavy atom. The van der Waals surface area contributed by atoms with Crippen molar-refractivity contribution in [3.63, 3.8) is 0 Å². The number of ether oxygens (including phenoxy) is 1. The van der Waals surface area contributed by atoms with Gasteiger partial charge in [0.1, 0.15) is 5.82 Å². The maximum Gasteiger partial charge on any atom is 0.386 e. The van der Waals surface area contributed by atoms with E-state index in [1.807, 2.05) is 19.1 Å². The second kappa shape index (κ2) is 11.8. The maximum atomic E-state index is 14.7. The molecular formula is C31H39F3O. The summed E-state index contributed by atoms with van der Waals surface area (Å²) in [5, 5.41) is 0. The smallest absolute Gasteiger partial charge is 0.316 e. The first-order valence-electron chi connectivity index (χ1n) is 13.4. The van der Waals surface area contributed by atoms with Crippen LogP contribution in [0.25, 0.3) is 0 Å². The van der Waals surface area contributed by atoms with Crippen molar-refractivity contribution in [3.8, 4) is 0 Å². The monoisotopic (exact) mass is 484 g/mol. The first-order valence-corrected chi connectivity index (χ1v) is 13.4. The average molecular weight is 485 g/mol. The summed E-state index contributed by atoms with van der Waals surface area (Å²) in [4.78, 5) is 0. The first-order chi connectivity index (χ1) is 16.9. The fraction of sp³-hybridized carbons (Fsp3) is 0.548. The van der Waals surface area contributed by atoms with Gasteiger partial charge >= 0.3 is 6.11 Å². The van der Waals surface area contributed by atoms with Crippen molar-refractivity contribution in [2.24, 2.45) is 11.8 Å². The molecule has 0 aromatic heterocycles. The second-order valence-corrected chi connectivity index (χ2v) is 10.7. The van der Waals surface area contributed by atoms with E-state index in [2.05, 4.69) is 31.2 Å². The average Bonchev–Trinajstić information content (AvgIpc) is 2.85. The van der Waals surface area contributed by atoms with E-state index < -0.39 is 17.5 Å². The lowest BCUT2D eigenvalue weighted by atomic mass is 9.78. The van der Waals surface area contributed by atoms with Crippen molar-refractivity contribution in [2.75, 3.05) is 6.61 Å². The SMILES string of the molecule is C/C=C/[C@H]1CC[C@H](c2ccc(C(F)(F)OCCc3ccc([C@H]4CC[C@H](C)CC4)cc3)c(F)c2)CC1. The van der Waals surface area contributed by atoms with Gasteiger partial charge in [0.15, 0.2) is 0 Å². The first kappa shape index (κ1) is 26.0. The molecule has 2 saturated carbocycles. The Morgan fingerprint density at radius 1 is 0.857 bits per heavy atom. The molecule has 2 fully saturated rings. The molecule has 35 heavy (non-hydrogen) atoms. The summed E-state index contributed by atoms with van der Waals surface area (Å²) in [7, 11) is 0. The molecule has 0 amide bonds. The molecule has 0 unspecified atom stereocenters. The van der Waals surface area contributed by atoms with E-state index in [1.165, 1.54) is 43.4 Å². The van der Waals surface area contributed by atoms with Crippen molar-refractivity contribution in [2.45, 2.75) is 89.6 Å². The van der Waals surface area contributed by atoms with Crippen LogP contribution in [-0.4, -0.2) is 6.61 Å². The van der Waals surface area contributed by atoms with Gasteiger partial charge in [0.2, 0.25) is 0 Å². The highest BCUT2D eigenvalue weighted by molar-refractivity contribution is 5.30. The van der Waals surface area contributed by atoms with E-state index in [0.717, 1.165) is 42.7 Å². The molecule has 190 valence electrons. The summed E-state index contributed by atoms with van der Waals surface area (Å²) < 4.78 is 49.0. The van der Waals surface area contributed by atoms with Crippen LogP contribution < -0.4 is 0 Å².